The van der Waals surface area contributed by atoms with Crippen LogP contribution < -0.4 is 5.32 Å². The number of anilines is 2. The molecule has 6 heteroatoms. The minimum atomic E-state index is -0.0845. The molecule has 3 rings (SSSR count). The third-order valence-electron chi connectivity index (χ3n) is 2.91. The van der Waals surface area contributed by atoms with E-state index >= 15 is 0 Å². The number of aromatic nitrogens is 2. The molecule has 0 atom stereocenters. The lowest BCUT2D eigenvalue weighted by molar-refractivity contribution is 0.104. The van der Waals surface area contributed by atoms with Gasteiger partial charge in [-0.15, -0.1) is 0 Å². The molecule has 0 bridgehead atoms. The van der Waals surface area contributed by atoms with Crippen LogP contribution in [0.2, 0.25) is 0 Å². The Morgan fingerprint density at radius 3 is 2.82 bits per heavy atom. The molecular formula is C16H10N4OS. The molecule has 2 aromatic heterocycles. The van der Waals surface area contributed by atoms with E-state index in [1.54, 1.807) is 48.9 Å². The molecule has 1 N–H and O–H groups in total. The van der Waals surface area contributed by atoms with Crippen molar-refractivity contribution in [2.24, 2.45) is 0 Å². The molecule has 0 amide bonds. The van der Waals surface area contributed by atoms with Crippen molar-refractivity contribution in [3.8, 4) is 6.07 Å². The number of carbonyl (C=O) groups excluding carboxylic acids is 1. The average molecular weight is 306 g/mol. The Labute approximate surface area is 130 Å². The van der Waals surface area contributed by atoms with E-state index < -0.39 is 0 Å². The van der Waals surface area contributed by atoms with E-state index in [0.717, 1.165) is 5.69 Å². The summed E-state index contributed by atoms with van der Waals surface area (Å²) in [7, 11) is 0. The highest BCUT2D eigenvalue weighted by molar-refractivity contribution is 7.17. The number of nitrogens with one attached hydrogen (secondary N) is 1. The zero-order valence-electron chi connectivity index (χ0n) is 11.4. The summed E-state index contributed by atoms with van der Waals surface area (Å²) in [5, 5.41) is 12.6. The summed E-state index contributed by atoms with van der Waals surface area (Å²) in [6.07, 6.45) is 4.71. The lowest BCUT2D eigenvalue weighted by Gasteiger charge is -2.01. The largest absolute Gasteiger partial charge is 0.331 e. The van der Waals surface area contributed by atoms with Crippen LogP contribution in [0.1, 0.15) is 20.8 Å². The monoisotopic (exact) mass is 306 g/mol. The second kappa shape index (κ2) is 6.16. The number of nitriles is 1. The van der Waals surface area contributed by atoms with E-state index in [4.69, 9.17) is 5.26 Å². The quantitative estimate of drug-likeness (QED) is 0.747. The van der Waals surface area contributed by atoms with Crippen LogP contribution in [0.15, 0.2) is 55.0 Å². The molecule has 0 aliphatic carbocycles. The summed E-state index contributed by atoms with van der Waals surface area (Å²) in [6, 6.07) is 12.5. The fourth-order valence-corrected chi connectivity index (χ4v) is 2.67. The van der Waals surface area contributed by atoms with E-state index in [-0.39, 0.29) is 5.78 Å². The number of rotatable bonds is 4. The first kappa shape index (κ1) is 13.9. The lowest BCUT2D eigenvalue weighted by Crippen LogP contribution is -1.97. The minimum absolute atomic E-state index is 0.0845. The van der Waals surface area contributed by atoms with E-state index in [1.807, 2.05) is 6.07 Å². The van der Waals surface area contributed by atoms with Gasteiger partial charge in [-0.25, -0.2) is 4.98 Å². The molecule has 0 spiro atoms. The predicted molar refractivity (Wildman–Crippen MR) is 84.2 cm³/mol. The molecule has 0 radical (unpaired) electrons. The van der Waals surface area contributed by atoms with Gasteiger partial charge in [-0.1, -0.05) is 17.4 Å². The second-order valence-corrected chi connectivity index (χ2v) is 5.44. The van der Waals surface area contributed by atoms with Crippen LogP contribution in [0.5, 0.6) is 0 Å². The molecule has 5 nitrogen and oxygen atoms in total. The molecule has 3 aromatic rings. The normalized spacial score (nSPS) is 9.95. The Morgan fingerprint density at radius 1 is 1.23 bits per heavy atom. The number of nitrogens with zero attached hydrogens (tertiary/aromatic N) is 3. The van der Waals surface area contributed by atoms with Crippen molar-refractivity contribution in [2.45, 2.75) is 0 Å². The molecule has 0 saturated carbocycles. The van der Waals surface area contributed by atoms with Crippen molar-refractivity contribution < 1.29 is 4.79 Å². The Morgan fingerprint density at radius 2 is 2.05 bits per heavy atom. The molecule has 106 valence electrons. The summed E-state index contributed by atoms with van der Waals surface area (Å²) >= 11 is 1.27. The van der Waals surface area contributed by atoms with Gasteiger partial charge in [0, 0.05) is 23.6 Å². The van der Waals surface area contributed by atoms with Crippen LogP contribution in [0.25, 0.3) is 0 Å². The lowest BCUT2D eigenvalue weighted by atomic mass is 10.1. The van der Waals surface area contributed by atoms with Crippen LogP contribution in [-0.2, 0) is 0 Å². The van der Waals surface area contributed by atoms with Gasteiger partial charge in [0.25, 0.3) is 0 Å². The van der Waals surface area contributed by atoms with Gasteiger partial charge in [0.1, 0.15) is 0 Å². The van der Waals surface area contributed by atoms with Gasteiger partial charge >= 0.3 is 0 Å². The molecule has 0 aliphatic rings. The van der Waals surface area contributed by atoms with Gasteiger partial charge in [-0.05, 0) is 30.3 Å². The Bertz CT molecular complexity index is 852. The van der Waals surface area contributed by atoms with Crippen LogP contribution >= 0.6 is 11.3 Å². The summed E-state index contributed by atoms with van der Waals surface area (Å²) in [5.41, 5.74) is 1.91. The van der Waals surface area contributed by atoms with E-state index in [0.29, 0.717) is 21.1 Å². The highest BCUT2D eigenvalue weighted by Gasteiger charge is 2.13. The van der Waals surface area contributed by atoms with Crippen LogP contribution in [-0.4, -0.2) is 15.8 Å². The summed E-state index contributed by atoms with van der Waals surface area (Å²) < 4.78 is 0. The topological polar surface area (TPSA) is 78.7 Å². The SMILES string of the molecule is N#Cc1cccc(Nc2ncc(C(=O)c3ccncc3)s2)c1. The molecule has 0 unspecified atom stereocenters. The number of hydrogen-bond donors (Lipinski definition) is 1. The summed E-state index contributed by atoms with van der Waals surface area (Å²) in [5.74, 6) is -0.0845. The molecule has 2 heterocycles. The van der Waals surface area contributed by atoms with Crippen molar-refractivity contribution in [1.82, 2.24) is 9.97 Å². The van der Waals surface area contributed by atoms with Gasteiger partial charge in [-0.3, -0.25) is 9.78 Å². The summed E-state index contributed by atoms with van der Waals surface area (Å²) in [4.78, 5) is 20.9. The van der Waals surface area contributed by atoms with E-state index in [1.165, 1.54) is 11.3 Å². The predicted octanol–water partition coefficient (Wildman–Crippen LogP) is 3.38. The molecule has 22 heavy (non-hydrogen) atoms. The number of hydrogen-bond acceptors (Lipinski definition) is 6. The maximum absolute atomic E-state index is 12.3. The Hall–Kier alpha value is -3.04. The third kappa shape index (κ3) is 3.00. The van der Waals surface area contributed by atoms with Crippen molar-refractivity contribution in [2.75, 3.05) is 5.32 Å². The van der Waals surface area contributed by atoms with Crippen LogP contribution in [0, 0.1) is 11.3 Å². The first-order chi connectivity index (χ1) is 10.8. The zero-order valence-corrected chi connectivity index (χ0v) is 12.2. The van der Waals surface area contributed by atoms with Gasteiger partial charge in [0.2, 0.25) is 5.78 Å². The van der Waals surface area contributed by atoms with Gasteiger partial charge < -0.3 is 5.32 Å². The first-order valence-corrected chi connectivity index (χ1v) is 7.25. The van der Waals surface area contributed by atoms with Gasteiger partial charge in [-0.2, -0.15) is 5.26 Å². The fourth-order valence-electron chi connectivity index (χ4n) is 1.87. The van der Waals surface area contributed by atoms with E-state index in [2.05, 4.69) is 21.4 Å². The Balaban J connectivity index is 1.79. The molecule has 0 saturated heterocycles. The standard InChI is InChI=1S/C16H10N4OS/c17-9-11-2-1-3-13(8-11)20-16-19-10-14(22-16)15(21)12-4-6-18-7-5-12/h1-8,10H,(H,19,20). The maximum atomic E-state index is 12.3. The van der Waals surface area contributed by atoms with Crippen LogP contribution in [0.3, 0.4) is 0 Å². The highest BCUT2D eigenvalue weighted by atomic mass is 32.1. The molecule has 1 aromatic carbocycles. The molecule has 0 fully saturated rings. The number of benzene rings is 1. The number of ketones is 1. The Kier molecular flexibility index (Phi) is 3.90. The molecular weight excluding hydrogens is 296 g/mol. The summed E-state index contributed by atoms with van der Waals surface area (Å²) in [6.45, 7) is 0. The number of pyridine rings is 1. The van der Waals surface area contributed by atoms with Crippen molar-refractivity contribution in [3.63, 3.8) is 0 Å². The average Bonchev–Trinajstić information content (AvgIpc) is 3.03. The van der Waals surface area contributed by atoms with Crippen molar-refractivity contribution in [3.05, 3.63) is 71.0 Å². The van der Waals surface area contributed by atoms with Gasteiger partial charge in [0.05, 0.1) is 22.7 Å². The number of thiazole rings is 1. The van der Waals surface area contributed by atoms with Crippen molar-refractivity contribution >= 4 is 27.9 Å². The minimum Gasteiger partial charge on any atom is -0.331 e. The van der Waals surface area contributed by atoms with Gasteiger partial charge in [0.15, 0.2) is 5.13 Å². The highest BCUT2D eigenvalue weighted by Crippen LogP contribution is 2.24. The number of carbonyl (C=O) groups is 1. The molecule has 0 aliphatic heterocycles. The smallest absolute Gasteiger partial charge is 0.204 e. The first-order valence-electron chi connectivity index (χ1n) is 6.44. The second-order valence-electron chi connectivity index (χ2n) is 4.41. The fraction of sp³-hybridized carbons (Fsp3) is 0. The van der Waals surface area contributed by atoms with Crippen LogP contribution in [0.4, 0.5) is 10.8 Å². The third-order valence-corrected chi connectivity index (χ3v) is 3.83. The zero-order chi connectivity index (χ0) is 15.4. The maximum Gasteiger partial charge on any atom is 0.204 e. The van der Waals surface area contributed by atoms with E-state index in [9.17, 15) is 4.79 Å². The van der Waals surface area contributed by atoms with Crippen molar-refractivity contribution in [1.29, 1.82) is 5.26 Å².